The van der Waals surface area contributed by atoms with Crippen LogP contribution in [-0.2, 0) is 0 Å². The number of hydrogen-bond acceptors (Lipinski definition) is 3. The first-order valence-corrected chi connectivity index (χ1v) is 6.26. The molecule has 0 saturated heterocycles. The van der Waals surface area contributed by atoms with Crippen molar-refractivity contribution in [2.45, 2.75) is 0 Å². The molecule has 0 atom stereocenters. The van der Waals surface area contributed by atoms with Crippen LogP contribution in [0.4, 0.5) is 11.4 Å². The monoisotopic (exact) mass is 315 g/mol. The molecule has 0 unspecified atom stereocenters. The minimum absolute atomic E-state index is 0.283. The number of nitrogens with zero attached hydrogens (tertiary/aromatic N) is 1. The Labute approximate surface area is 119 Å². The number of halogens is 1. The largest absolute Gasteiger partial charge is 0.399 e. The number of carbonyl (C=O) groups excluding carboxylic acids is 1. The standard InChI is InChI=1S/C14H10BrN3O/c15-11-4-1-10(8-16)13(7-11)18-14(19)9-2-5-12(17)6-3-9/h1-7H,17H2,(H,18,19). The summed E-state index contributed by atoms with van der Waals surface area (Å²) in [5.41, 5.74) is 7.52. The van der Waals surface area contributed by atoms with Crippen LogP contribution in [0.15, 0.2) is 46.9 Å². The van der Waals surface area contributed by atoms with Crippen molar-refractivity contribution in [2.24, 2.45) is 0 Å². The van der Waals surface area contributed by atoms with Gasteiger partial charge in [0.1, 0.15) is 6.07 Å². The number of anilines is 2. The molecule has 4 nitrogen and oxygen atoms in total. The van der Waals surface area contributed by atoms with E-state index in [9.17, 15) is 4.79 Å². The molecule has 0 aromatic heterocycles. The fourth-order valence-corrected chi connectivity index (χ4v) is 1.91. The van der Waals surface area contributed by atoms with Gasteiger partial charge in [0.15, 0.2) is 0 Å². The van der Waals surface area contributed by atoms with Gasteiger partial charge < -0.3 is 11.1 Å². The summed E-state index contributed by atoms with van der Waals surface area (Å²) in [5, 5.41) is 11.7. The Bertz CT molecular complexity index is 659. The molecule has 0 aliphatic carbocycles. The van der Waals surface area contributed by atoms with Gasteiger partial charge in [-0.15, -0.1) is 0 Å². The zero-order valence-electron chi connectivity index (χ0n) is 9.85. The molecule has 2 aromatic carbocycles. The normalized spacial score (nSPS) is 9.68. The number of nitrogens with one attached hydrogen (secondary N) is 1. The van der Waals surface area contributed by atoms with Crippen molar-refractivity contribution in [3.63, 3.8) is 0 Å². The third kappa shape index (κ3) is 3.12. The number of amides is 1. The molecule has 0 heterocycles. The van der Waals surface area contributed by atoms with Crippen molar-refractivity contribution in [1.29, 1.82) is 5.26 Å². The van der Waals surface area contributed by atoms with E-state index in [4.69, 9.17) is 11.0 Å². The van der Waals surface area contributed by atoms with Crippen molar-refractivity contribution < 1.29 is 4.79 Å². The van der Waals surface area contributed by atoms with Crippen LogP contribution in [0.1, 0.15) is 15.9 Å². The van der Waals surface area contributed by atoms with Gasteiger partial charge in [-0.05, 0) is 42.5 Å². The molecule has 3 N–H and O–H groups in total. The van der Waals surface area contributed by atoms with Gasteiger partial charge in [0.2, 0.25) is 0 Å². The van der Waals surface area contributed by atoms with Crippen LogP contribution in [0.25, 0.3) is 0 Å². The van der Waals surface area contributed by atoms with Crippen molar-refractivity contribution in [1.82, 2.24) is 0 Å². The van der Waals surface area contributed by atoms with Gasteiger partial charge in [0, 0.05) is 15.7 Å². The van der Waals surface area contributed by atoms with Gasteiger partial charge in [0.05, 0.1) is 11.3 Å². The Morgan fingerprint density at radius 3 is 2.53 bits per heavy atom. The summed E-state index contributed by atoms with van der Waals surface area (Å²) in [7, 11) is 0. The van der Waals surface area contributed by atoms with E-state index >= 15 is 0 Å². The quantitative estimate of drug-likeness (QED) is 0.835. The molecule has 1 amide bonds. The van der Waals surface area contributed by atoms with E-state index in [2.05, 4.69) is 21.2 Å². The van der Waals surface area contributed by atoms with Crippen molar-refractivity contribution in [3.8, 4) is 6.07 Å². The van der Waals surface area contributed by atoms with Gasteiger partial charge in [-0.2, -0.15) is 5.26 Å². The first kappa shape index (κ1) is 13.1. The second-order valence-electron chi connectivity index (χ2n) is 3.88. The molecule has 0 aliphatic heterocycles. The topological polar surface area (TPSA) is 78.9 Å². The fourth-order valence-electron chi connectivity index (χ4n) is 1.55. The molecule has 0 radical (unpaired) electrons. The molecule has 5 heteroatoms. The van der Waals surface area contributed by atoms with E-state index < -0.39 is 0 Å². The van der Waals surface area contributed by atoms with Crippen LogP contribution in [-0.4, -0.2) is 5.91 Å². The predicted octanol–water partition coefficient (Wildman–Crippen LogP) is 3.16. The second-order valence-corrected chi connectivity index (χ2v) is 4.79. The minimum atomic E-state index is -0.283. The molecule has 0 bridgehead atoms. The van der Waals surface area contributed by atoms with Crippen LogP contribution < -0.4 is 11.1 Å². The third-order valence-corrected chi connectivity index (χ3v) is 3.02. The van der Waals surface area contributed by atoms with E-state index in [0.29, 0.717) is 22.5 Å². The first-order valence-electron chi connectivity index (χ1n) is 5.46. The highest BCUT2D eigenvalue weighted by Gasteiger charge is 2.09. The van der Waals surface area contributed by atoms with Gasteiger partial charge in [-0.1, -0.05) is 15.9 Å². The summed E-state index contributed by atoms with van der Waals surface area (Å²) in [4.78, 5) is 12.0. The minimum Gasteiger partial charge on any atom is -0.399 e. The smallest absolute Gasteiger partial charge is 0.255 e. The first-order chi connectivity index (χ1) is 9.10. The number of nitriles is 1. The van der Waals surface area contributed by atoms with Crippen molar-refractivity contribution in [3.05, 3.63) is 58.1 Å². The van der Waals surface area contributed by atoms with Gasteiger partial charge in [0.25, 0.3) is 5.91 Å². The summed E-state index contributed by atoms with van der Waals surface area (Å²) in [6, 6.07) is 13.7. The van der Waals surface area contributed by atoms with Crippen LogP contribution >= 0.6 is 15.9 Å². The number of rotatable bonds is 2. The Kier molecular flexibility index (Phi) is 3.83. The molecule has 0 saturated carbocycles. The van der Waals surface area contributed by atoms with Crippen LogP contribution in [0.3, 0.4) is 0 Å². The molecule has 2 rings (SSSR count). The SMILES string of the molecule is N#Cc1ccc(Br)cc1NC(=O)c1ccc(N)cc1. The highest BCUT2D eigenvalue weighted by atomic mass is 79.9. The highest BCUT2D eigenvalue weighted by Crippen LogP contribution is 2.21. The Morgan fingerprint density at radius 2 is 1.89 bits per heavy atom. The van der Waals surface area contributed by atoms with Crippen LogP contribution in [0.2, 0.25) is 0 Å². The maximum atomic E-state index is 12.0. The maximum Gasteiger partial charge on any atom is 0.255 e. The molecule has 94 valence electrons. The molecular formula is C14H10BrN3O. The van der Waals surface area contributed by atoms with E-state index in [-0.39, 0.29) is 5.91 Å². The number of carbonyl (C=O) groups is 1. The van der Waals surface area contributed by atoms with Gasteiger partial charge in [-0.3, -0.25) is 4.79 Å². The highest BCUT2D eigenvalue weighted by molar-refractivity contribution is 9.10. The van der Waals surface area contributed by atoms with E-state index in [1.54, 1.807) is 42.5 Å². The molecule has 2 aromatic rings. The summed E-state index contributed by atoms with van der Waals surface area (Å²) >= 11 is 3.30. The molecule has 0 fully saturated rings. The molecule has 0 spiro atoms. The average Bonchev–Trinajstić information content (AvgIpc) is 2.39. The molecule has 19 heavy (non-hydrogen) atoms. The second kappa shape index (κ2) is 5.55. The number of benzene rings is 2. The molecular weight excluding hydrogens is 306 g/mol. The van der Waals surface area contributed by atoms with E-state index in [1.165, 1.54) is 0 Å². The Hall–Kier alpha value is -2.32. The van der Waals surface area contributed by atoms with Gasteiger partial charge in [-0.25, -0.2) is 0 Å². The number of hydrogen-bond donors (Lipinski definition) is 2. The zero-order valence-corrected chi connectivity index (χ0v) is 11.4. The van der Waals surface area contributed by atoms with E-state index in [0.717, 1.165) is 4.47 Å². The Morgan fingerprint density at radius 1 is 1.21 bits per heavy atom. The number of nitrogens with two attached hydrogens (primary N) is 1. The maximum absolute atomic E-state index is 12.0. The van der Waals surface area contributed by atoms with Crippen molar-refractivity contribution >= 4 is 33.2 Å². The summed E-state index contributed by atoms with van der Waals surface area (Å²) in [5.74, 6) is -0.283. The number of nitrogen functional groups attached to an aromatic ring is 1. The third-order valence-electron chi connectivity index (χ3n) is 2.52. The fraction of sp³-hybridized carbons (Fsp3) is 0. The van der Waals surface area contributed by atoms with Gasteiger partial charge >= 0.3 is 0 Å². The Balaban J connectivity index is 2.26. The predicted molar refractivity (Wildman–Crippen MR) is 77.7 cm³/mol. The van der Waals surface area contributed by atoms with E-state index in [1.807, 2.05) is 6.07 Å². The summed E-state index contributed by atoms with van der Waals surface area (Å²) < 4.78 is 0.791. The zero-order chi connectivity index (χ0) is 13.8. The summed E-state index contributed by atoms with van der Waals surface area (Å²) in [6.45, 7) is 0. The molecule has 0 aliphatic rings. The lowest BCUT2D eigenvalue weighted by Gasteiger charge is -2.07. The lowest BCUT2D eigenvalue weighted by atomic mass is 10.1. The van der Waals surface area contributed by atoms with Crippen LogP contribution in [0, 0.1) is 11.3 Å². The lowest BCUT2D eigenvalue weighted by Crippen LogP contribution is -2.12. The van der Waals surface area contributed by atoms with Crippen molar-refractivity contribution in [2.75, 3.05) is 11.1 Å². The average molecular weight is 316 g/mol. The lowest BCUT2D eigenvalue weighted by molar-refractivity contribution is 0.102. The van der Waals surface area contributed by atoms with Crippen LogP contribution in [0.5, 0.6) is 0 Å². The summed E-state index contributed by atoms with van der Waals surface area (Å²) in [6.07, 6.45) is 0.